The molecule has 0 saturated carbocycles. The SMILES string of the molecule is O=C(O)c1ncnc(-c2ccc(F)cc2)c1F. The molecule has 0 radical (unpaired) electrons. The highest BCUT2D eigenvalue weighted by Gasteiger charge is 2.17. The minimum absolute atomic E-state index is 0.169. The van der Waals surface area contributed by atoms with E-state index in [9.17, 15) is 13.6 Å². The van der Waals surface area contributed by atoms with Crippen molar-refractivity contribution in [2.75, 3.05) is 0 Å². The molecule has 2 aromatic rings. The Labute approximate surface area is 94.6 Å². The van der Waals surface area contributed by atoms with Gasteiger partial charge in [0.05, 0.1) is 0 Å². The molecule has 2 rings (SSSR count). The van der Waals surface area contributed by atoms with Gasteiger partial charge in [0.15, 0.2) is 11.5 Å². The Morgan fingerprint density at radius 2 is 1.76 bits per heavy atom. The lowest BCUT2D eigenvalue weighted by Crippen LogP contribution is -2.06. The fraction of sp³-hybridized carbons (Fsp3) is 0. The molecule has 1 aromatic heterocycles. The van der Waals surface area contributed by atoms with E-state index in [1.54, 1.807) is 0 Å². The molecule has 0 spiro atoms. The van der Waals surface area contributed by atoms with Gasteiger partial charge in [0.2, 0.25) is 0 Å². The van der Waals surface area contributed by atoms with Gasteiger partial charge in [0.25, 0.3) is 0 Å². The Hall–Kier alpha value is -2.37. The summed E-state index contributed by atoms with van der Waals surface area (Å²) >= 11 is 0. The van der Waals surface area contributed by atoms with Crippen LogP contribution in [0, 0.1) is 11.6 Å². The number of carboxylic acid groups (broad SMARTS) is 1. The van der Waals surface area contributed by atoms with Gasteiger partial charge in [-0.15, -0.1) is 0 Å². The van der Waals surface area contributed by atoms with Gasteiger partial charge < -0.3 is 5.11 Å². The first-order chi connectivity index (χ1) is 8.09. The number of carboxylic acids is 1. The molecule has 0 aliphatic rings. The molecule has 17 heavy (non-hydrogen) atoms. The second-order valence-electron chi connectivity index (χ2n) is 3.20. The second kappa shape index (κ2) is 4.25. The molecule has 0 unspecified atom stereocenters. The van der Waals surface area contributed by atoms with Gasteiger partial charge in [-0.1, -0.05) is 0 Å². The van der Waals surface area contributed by atoms with E-state index >= 15 is 0 Å². The molecule has 0 aliphatic heterocycles. The molecule has 0 aliphatic carbocycles. The fourth-order valence-electron chi connectivity index (χ4n) is 1.33. The van der Waals surface area contributed by atoms with Crippen LogP contribution in [0.25, 0.3) is 11.3 Å². The highest BCUT2D eigenvalue weighted by atomic mass is 19.1. The van der Waals surface area contributed by atoms with Crippen LogP contribution in [0.1, 0.15) is 10.5 Å². The average molecular weight is 236 g/mol. The van der Waals surface area contributed by atoms with Gasteiger partial charge in [-0.2, -0.15) is 0 Å². The van der Waals surface area contributed by atoms with Crippen LogP contribution in [0.3, 0.4) is 0 Å². The first kappa shape index (κ1) is 11.1. The van der Waals surface area contributed by atoms with Crippen molar-refractivity contribution in [2.45, 2.75) is 0 Å². The number of benzene rings is 1. The summed E-state index contributed by atoms with van der Waals surface area (Å²) in [7, 11) is 0. The van der Waals surface area contributed by atoms with Crippen LogP contribution in [0.4, 0.5) is 8.78 Å². The fourth-order valence-corrected chi connectivity index (χ4v) is 1.33. The van der Waals surface area contributed by atoms with Crippen molar-refractivity contribution in [2.24, 2.45) is 0 Å². The maximum atomic E-state index is 13.7. The van der Waals surface area contributed by atoms with Gasteiger partial charge >= 0.3 is 5.97 Å². The zero-order valence-electron chi connectivity index (χ0n) is 8.39. The monoisotopic (exact) mass is 236 g/mol. The van der Waals surface area contributed by atoms with E-state index < -0.39 is 23.3 Å². The quantitative estimate of drug-likeness (QED) is 0.867. The molecule has 0 amide bonds. The van der Waals surface area contributed by atoms with Crippen LogP contribution in [-0.2, 0) is 0 Å². The average Bonchev–Trinajstić information content (AvgIpc) is 2.30. The van der Waals surface area contributed by atoms with Crippen molar-refractivity contribution in [3.05, 3.63) is 47.9 Å². The predicted octanol–water partition coefficient (Wildman–Crippen LogP) is 2.12. The maximum absolute atomic E-state index is 13.7. The van der Waals surface area contributed by atoms with Gasteiger partial charge in [0, 0.05) is 5.56 Å². The standard InChI is InChI=1S/C11H6F2N2O2/c12-7-3-1-6(2-4-7)9-8(13)10(11(16)17)15-5-14-9/h1-5H,(H,16,17). The van der Waals surface area contributed by atoms with E-state index in [-0.39, 0.29) is 11.3 Å². The largest absolute Gasteiger partial charge is 0.476 e. The molecule has 1 heterocycles. The van der Waals surface area contributed by atoms with Crippen LogP contribution in [-0.4, -0.2) is 21.0 Å². The molecule has 1 aromatic carbocycles. The van der Waals surface area contributed by atoms with E-state index in [0.29, 0.717) is 0 Å². The Morgan fingerprint density at radius 3 is 2.35 bits per heavy atom. The Bertz CT molecular complexity index is 570. The molecular formula is C11H6F2N2O2. The third-order valence-corrected chi connectivity index (χ3v) is 2.11. The summed E-state index contributed by atoms with van der Waals surface area (Å²) in [6.07, 6.45) is 0.950. The summed E-state index contributed by atoms with van der Waals surface area (Å²) in [5, 5.41) is 8.69. The Morgan fingerprint density at radius 1 is 1.12 bits per heavy atom. The molecule has 6 heteroatoms. The third-order valence-electron chi connectivity index (χ3n) is 2.11. The normalized spacial score (nSPS) is 10.2. The molecule has 4 nitrogen and oxygen atoms in total. The number of halogens is 2. The van der Waals surface area contributed by atoms with Crippen molar-refractivity contribution in [3.8, 4) is 11.3 Å². The number of hydrogen-bond donors (Lipinski definition) is 1. The van der Waals surface area contributed by atoms with Crippen LogP contribution in [0.15, 0.2) is 30.6 Å². The molecule has 0 fully saturated rings. The summed E-state index contributed by atoms with van der Waals surface area (Å²) in [5.74, 6) is -2.98. The number of aromatic nitrogens is 2. The van der Waals surface area contributed by atoms with E-state index in [1.165, 1.54) is 12.1 Å². The number of nitrogens with zero attached hydrogens (tertiary/aromatic N) is 2. The van der Waals surface area contributed by atoms with Crippen molar-refractivity contribution in [1.82, 2.24) is 9.97 Å². The minimum Gasteiger partial charge on any atom is -0.476 e. The number of rotatable bonds is 2. The topological polar surface area (TPSA) is 63.1 Å². The van der Waals surface area contributed by atoms with Crippen molar-refractivity contribution in [3.63, 3.8) is 0 Å². The van der Waals surface area contributed by atoms with E-state index in [0.717, 1.165) is 18.5 Å². The van der Waals surface area contributed by atoms with Crippen molar-refractivity contribution < 1.29 is 18.7 Å². The Kier molecular flexibility index (Phi) is 2.78. The lowest BCUT2D eigenvalue weighted by Gasteiger charge is -2.03. The van der Waals surface area contributed by atoms with Crippen molar-refractivity contribution >= 4 is 5.97 Å². The summed E-state index contributed by atoms with van der Waals surface area (Å²) in [4.78, 5) is 17.6. The minimum atomic E-state index is -1.48. The summed E-state index contributed by atoms with van der Waals surface area (Å²) < 4.78 is 26.4. The van der Waals surface area contributed by atoms with E-state index in [4.69, 9.17) is 5.11 Å². The summed E-state index contributed by atoms with van der Waals surface area (Å²) in [5.41, 5.74) is -0.592. The van der Waals surface area contributed by atoms with Crippen LogP contribution < -0.4 is 0 Å². The molecular weight excluding hydrogens is 230 g/mol. The highest BCUT2D eigenvalue weighted by Crippen LogP contribution is 2.21. The number of hydrogen-bond acceptors (Lipinski definition) is 3. The van der Waals surface area contributed by atoms with Gasteiger partial charge in [-0.05, 0) is 24.3 Å². The van der Waals surface area contributed by atoms with Gasteiger partial charge in [0.1, 0.15) is 17.8 Å². The smallest absolute Gasteiger partial charge is 0.357 e. The van der Waals surface area contributed by atoms with Crippen LogP contribution in [0.5, 0.6) is 0 Å². The number of aromatic carboxylic acids is 1. The van der Waals surface area contributed by atoms with Crippen LogP contribution in [0.2, 0.25) is 0 Å². The zero-order valence-corrected chi connectivity index (χ0v) is 8.39. The lowest BCUT2D eigenvalue weighted by molar-refractivity contribution is 0.0684. The highest BCUT2D eigenvalue weighted by molar-refractivity contribution is 5.87. The first-order valence-corrected chi connectivity index (χ1v) is 4.59. The number of carbonyl (C=O) groups is 1. The van der Waals surface area contributed by atoms with E-state index in [2.05, 4.69) is 9.97 Å². The van der Waals surface area contributed by atoms with E-state index in [1.807, 2.05) is 0 Å². The predicted molar refractivity (Wildman–Crippen MR) is 54.3 cm³/mol. The Balaban J connectivity index is 2.56. The van der Waals surface area contributed by atoms with Gasteiger partial charge in [-0.25, -0.2) is 23.5 Å². The van der Waals surface area contributed by atoms with Gasteiger partial charge in [-0.3, -0.25) is 0 Å². The summed E-state index contributed by atoms with van der Waals surface area (Å²) in [6.45, 7) is 0. The molecule has 0 saturated heterocycles. The first-order valence-electron chi connectivity index (χ1n) is 4.59. The van der Waals surface area contributed by atoms with Crippen molar-refractivity contribution in [1.29, 1.82) is 0 Å². The molecule has 1 N–H and O–H groups in total. The zero-order chi connectivity index (χ0) is 12.4. The second-order valence-corrected chi connectivity index (χ2v) is 3.20. The lowest BCUT2D eigenvalue weighted by atomic mass is 10.1. The third kappa shape index (κ3) is 2.10. The molecule has 86 valence electrons. The molecule has 0 atom stereocenters. The summed E-state index contributed by atoms with van der Waals surface area (Å²) in [6, 6.07) is 4.90. The molecule has 0 bridgehead atoms. The maximum Gasteiger partial charge on any atom is 0.357 e. The van der Waals surface area contributed by atoms with Crippen LogP contribution >= 0.6 is 0 Å².